The zero-order chi connectivity index (χ0) is 16.0. The fourth-order valence-electron chi connectivity index (χ4n) is 6.08. The number of carbonyl (C=O) groups is 1. The predicted octanol–water partition coefficient (Wildman–Crippen LogP) is 1.08. The Labute approximate surface area is 136 Å². The average molecular weight is 313 g/mol. The number of likely N-dealkylation sites (tertiary alicyclic amines) is 1. The molecule has 0 aromatic rings. The number of nitrogens with two attached hydrogens (primary N) is 1. The van der Waals surface area contributed by atoms with Crippen molar-refractivity contribution in [3.63, 3.8) is 0 Å². The molecule has 5 heteroatoms. The summed E-state index contributed by atoms with van der Waals surface area (Å²) in [6, 6.07) is 1.63. The highest BCUT2D eigenvalue weighted by molar-refractivity contribution is 5.84. The number of allylic oxidation sites excluding steroid dienone is 1. The summed E-state index contributed by atoms with van der Waals surface area (Å²) in [7, 11) is 0. The number of aliphatic hydroxyl groups is 1. The van der Waals surface area contributed by atoms with Gasteiger partial charge in [-0.05, 0) is 50.9 Å². The summed E-state index contributed by atoms with van der Waals surface area (Å²) in [5.41, 5.74) is 6.90. The molecule has 4 aliphatic carbocycles. The molecule has 2 bridgehead atoms. The first-order chi connectivity index (χ1) is 11.0. The Kier molecular flexibility index (Phi) is 2.54. The summed E-state index contributed by atoms with van der Waals surface area (Å²) in [6.45, 7) is 0. The number of piperidine rings is 1. The third kappa shape index (κ3) is 1.66. The highest BCUT2D eigenvalue weighted by Gasteiger charge is 2.63. The Morgan fingerprint density at radius 1 is 1.52 bits per heavy atom. The van der Waals surface area contributed by atoms with Crippen LogP contribution in [0.15, 0.2) is 11.6 Å². The maximum absolute atomic E-state index is 13.1. The Hall–Kier alpha value is -1.38. The monoisotopic (exact) mass is 313 g/mol. The first kappa shape index (κ1) is 14.0. The van der Waals surface area contributed by atoms with Crippen LogP contribution in [0.3, 0.4) is 0 Å². The molecule has 0 aromatic heterocycles. The maximum atomic E-state index is 13.1. The molecule has 4 unspecified atom stereocenters. The molecule has 1 saturated heterocycles. The first-order valence-corrected chi connectivity index (χ1v) is 8.86. The third-order valence-electron chi connectivity index (χ3n) is 7.42. The Balaban J connectivity index is 1.44. The summed E-state index contributed by atoms with van der Waals surface area (Å²) in [5, 5.41) is 20.3. The normalized spacial score (nSPS) is 50.3. The van der Waals surface area contributed by atoms with Gasteiger partial charge in [0, 0.05) is 17.4 Å². The van der Waals surface area contributed by atoms with E-state index in [1.54, 1.807) is 4.90 Å². The van der Waals surface area contributed by atoms with Crippen molar-refractivity contribution >= 4 is 5.91 Å². The SMILES string of the molecule is N#C[C@@H]1CC2C[C@@H]2N1C(=O)[C@@H](N)C12CC=C3CCC(O)(C1)C3C2. The Bertz CT molecular complexity index is 668. The van der Waals surface area contributed by atoms with Crippen molar-refractivity contribution in [2.45, 2.75) is 68.7 Å². The van der Waals surface area contributed by atoms with Gasteiger partial charge in [-0.25, -0.2) is 0 Å². The molecule has 4 fully saturated rings. The molecule has 1 amide bonds. The molecule has 0 aromatic carbocycles. The van der Waals surface area contributed by atoms with E-state index in [0.717, 1.165) is 38.5 Å². The van der Waals surface area contributed by atoms with E-state index in [2.05, 4.69) is 12.1 Å². The first-order valence-electron chi connectivity index (χ1n) is 8.86. The van der Waals surface area contributed by atoms with Crippen LogP contribution >= 0.6 is 0 Å². The second-order valence-corrected chi connectivity index (χ2v) is 8.55. The van der Waals surface area contributed by atoms with Gasteiger partial charge < -0.3 is 15.7 Å². The van der Waals surface area contributed by atoms with Crippen molar-refractivity contribution in [3.05, 3.63) is 11.6 Å². The van der Waals surface area contributed by atoms with Gasteiger partial charge in [0.2, 0.25) is 5.91 Å². The lowest BCUT2D eigenvalue weighted by Crippen LogP contribution is -2.55. The van der Waals surface area contributed by atoms with Crippen molar-refractivity contribution in [2.75, 3.05) is 0 Å². The van der Waals surface area contributed by atoms with E-state index in [1.165, 1.54) is 5.57 Å². The quantitative estimate of drug-likeness (QED) is 0.746. The number of rotatable bonds is 2. The maximum Gasteiger partial charge on any atom is 0.241 e. The molecule has 122 valence electrons. The van der Waals surface area contributed by atoms with Crippen LogP contribution < -0.4 is 5.73 Å². The van der Waals surface area contributed by atoms with Gasteiger partial charge in [0.25, 0.3) is 0 Å². The number of carbonyl (C=O) groups excluding carboxylic acids is 1. The molecule has 0 spiro atoms. The van der Waals surface area contributed by atoms with Crippen molar-refractivity contribution in [2.24, 2.45) is 23.0 Å². The van der Waals surface area contributed by atoms with E-state index in [1.807, 2.05) is 0 Å². The number of hydrogen-bond donors (Lipinski definition) is 2. The lowest BCUT2D eigenvalue weighted by Gasteiger charge is -2.39. The summed E-state index contributed by atoms with van der Waals surface area (Å²) in [5.74, 6) is 0.661. The van der Waals surface area contributed by atoms with E-state index in [9.17, 15) is 15.2 Å². The standard InChI is InChI=1S/C18H23N3O2/c19-8-12-5-11-6-14(11)21(12)16(22)15(20)17-3-1-10-2-4-18(23,9-17)13(10)7-17/h1,11-15,23H,2-7,9,20H2/t11?,12-,13?,14-,15+,17?,18?/m0/s1. The fraction of sp³-hybridized carbons (Fsp3) is 0.778. The minimum atomic E-state index is -0.651. The van der Waals surface area contributed by atoms with Crippen molar-refractivity contribution < 1.29 is 9.90 Å². The van der Waals surface area contributed by atoms with Gasteiger partial charge in [-0.3, -0.25) is 4.79 Å². The van der Waals surface area contributed by atoms with Crippen molar-refractivity contribution in [3.8, 4) is 6.07 Å². The van der Waals surface area contributed by atoms with Gasteiger partial charge in [0.05, 0.1) is 17.7 Å². The van der Waals surface area contributed by atoms with Gasteiger partial charge in [-0.1, -0.05) is 11.6 Å². The number of amides is 1. The molecule has 5 nitrogen and oxygen atoms in total. The summed E-state index contributed by atoms with van der Waals surface area (Å²) < 4.78 is 0. The second-order valence-electron chi connectivity index (χ2n) is 8.55. The molecule has 3 N–H and O–H groups in total. The lowest BCUT2D eigenvalue weighted by molar-refractivity contribution is -0.137. The van der Waals surface area contributed by atoms with E-state index in [-0.39, 0.29) is 29.3 Å². The van der Waals surface area contributed by atoms with E-state index < -0.39 is 11.6 Å². The van der Waals surface area contributed by atoms with Crippen molar-refractivity contribution in [1.29, 1.82) is 5.26 Å². The smallest absolute Gasteiger partial charge is 0.241 e. The molecule has 3 saturated carbocycles. The summed E-state index contributed by atoms with van der Waals surface area (Å²) in [6.07, 6.45) is 8.14. The Morgan fingerprint density at radius 3 is 3.13 bits per heavy atom. The van der Waals surface area contributed by atoms with Gasteiger partial charge in [-0.2, -0.15) is 5.26 Å². The third-order valence-corrected chi connectivity index (χ3v) is 7.42. The zero-order valence-electron chi connectivity index (χ0n) is 13.2. The lowest BCUT2D eigenvalue weighted by atomic mass is 9.70. The minimum Gasteiger partial charge on any atom is -0.389 e. The van der Waals surface area contributed by atoms with Crippen molar-refractivity contribution in [1.82, 2.24) is 4.90 Å². The summed E-state index contributed by atoms with van der Waals surface area (Å²) in [4.78, 5) is 14.9. The van der Waals surface area contributed by atoms with Crippen LogP contribution in [0.4, 0.5) is 0 Å². The average Bonchev–Trinajstić information content (AvgIpc) is 2.98. The van der Waals surface area contributed by atoms with Crippen LogP contribution in [0.5, 0.6) is 0 Å². The van der Waals surface area contributed by atoms with E-state index in [4.69, 9.17) is 5.73 Å². The van der Waals surface area contributed by atoms with Gasteiger partial charge in [0.15, 0.2) is 0 Å². The molecule has 1 aliphatic heterocycles. The minimum absolute atomic E-state index is 0.0537. The number of nitriles is 1. The van der Waals surface area contributed by atoms with Crippen LogP contribution in [0, 0.1) is 28.6 Å². The van der Waals surface area contributed by atoms with Crippen LogP contribution in [0.25, 0.3) is 0 Å². The van der Waals surface area contributed by atoms with E-state index >= 15 is 0 Å². The molecule has 5 aliphatic rings. The predicted molar refractivity (Wildman–Crippen MR) is 82.8 cm³/mol. The molecule has 5 rings (SSSR count). The summed E-state index contributed by atoms with van der Waals surface area (Å²) >= 11 is 0. The van der Waals surface area contributed by atoms with Crippen LogP contribution in [-0.2, 0) is 4.79 Å². The molecular weight excluding hydrogens is 290 g/mol. The highest BCUT2D eigenvalue weighted by Crippen LogP contribution is 2.63. The van der Waals surface area contributed by atoms with Crippen LogP contribution in [-0.4, -0.2) is 39.6 Å². The number of fused-ring (bicyclic) bond motifs is 2. The number of nitrogens with zero attached hydrogens (tertiary/aromatic N) is 2. The van der Waals surface area contributed by atoms with Crippen LogP contribution in [0.1, 0.15) is 44.9 Å². The topological polar surface area (TPSA) is 90.4 Å². The fourth-order valence-corrected chi connectivity index (χ4v) is 6.08. The molecule has 0 radical (unpaired) electrons. The van der Waals surface area contributed by atoms with Crippen LogP contribution in [0.2, 0.25) is 0 Å². The molecule has 7 atom stereocenters. The van der Waals surface area contributed by atoms with Gasteiger partial charge >= 0.3 is 0 Å². The highest BCUT2D eigenvalue weighted by atomic mass is 16.3. The molecule has 23 heavy (non-hydrogen) atoms. The molecule has 1 heterocycles. The zero-order valence-corrected chi connectivity index (χ0v) is 13.2. The Morgan fingerprint density at radius 2 is 2.35 bits per heavy atom. The number of hydrogen-bond acceptors (Lipinski definition) is 4. The largest absolute Gasteiger partial charge is 0.389 e. The van der Waals surface area contributed by atoms with E-state index in [0.29, 0.717) is 12.3 Å². The second kappa shape index (κ2) is 4.17. The van der Waals surface area contributed by atoms with Gasteiger partial charge in [0.1, 0.15) is 6.04 Å². The van der Waals surface area contributed by atoms with Gasteiger partial charge in [-0.15, -0.1) is 0 Å². The molecular formula is C18H23N3O2.